The number of nitrogens with one attached hydrogen (secondary N) is 1. The third-order valence-corrected chi connectivity index (χ3v) is 4.51. The molecule has 4 heteroatoms. The fourth-order valence-electron chi connectivity index (χ4n) is 1.64. The van der Waals surface area contributed by atoms with E-state index in [1.165, 1.54) is 12.0 Å². The third kappa shape index (κ3) is 5.85. The van der Waals surface area contributed by atoms with Crippen molar-refractivity contribution in [1.82, 2.24) is 5.43 Å². The van der Waals surface area contributed by atoms with Gasteiger partial charge in [-0.05, 0) is 30.5 Å². The van der Waals surface area contributed by atoms with Gasteiger partial charge in [0, 0.05) is 11.0 Å². The maximum atomic E-state index is 5.66. The van der Waals surface area contributed by atoms with Crippen LogP contribution in [0.15, 0.2) is 24.3 Å². The molecule has 0 aliphatic heterocycles. The van der Waals surface area contributed by atoms with Gasteiger partial charge in [-0.2, -0.15) is 11.8 Å². The van der Waals surface area contributed by atoms with Gasteiger partial charge >= 0.3 is 0 Å². The number of hydrogen-bond donors (Lipinski definition) is 2. The molecule has 108 valence electrons. The van der Waals surface area contributed by atoms with E-state index in [-0.39, 0.29) is 6.04 Å². The second-order valence-corrected chi connectivity index (χ2v) is 6.16. The molecule has 0 spiro atoms. The molecule has 0 heterocycles. The first-order valence-electron chi connectivity index (χ1n) is 7.01. The fraction of sp³-hybridized carbons (Fsp3) is 0.600. The van der Waals surface area contributed by atoms with E-state index in [1.54, 1.807) is 0 Å². The summed E-state index contributed by atoms with van der Waals surface area (Å²) in [6.07, 6.45) is 2.21. The molecule has 0 aliphatic rings. The van der Waals surface area contributed by atoms with Crippen LogP contribution in [0.3, 0.4) is 0 Å². The minimum Gasteiger partial charge on any atom is -0.494 e. The van der Waals surface area contributed by atoms with Crippen molar-refractivity contribution in [3.8, 4) is 5.75 Å². The van der Waals surface area contributed by atoms with Crippen LogP contribution in [0.1, 0.15) is 45.2 Å². The zero-order valence-electron chi connectivity index (χ0n) is 12.2. The SMILES string of the molecule is CCCOc1ccc(C(CSC(C)CC)NN)cc1. The van der Waals surface area contributed by atoms with Crippen LogP contribution in [0.2, 0.25) is 0 Å². The van der Waals surface area contributed by atoms with Crippen LogP contribution in [0, 0.1) is 0 Å². The molecular weight excluding hydrogens is 256 g/mol. The van der Waals surface area contributed by atoms with Crippen LogP contribution in [0.25, 0.3) is 0 Å². The lowest BCUT2D eigenvalue weighted by Gasteiger charge is -2.18. The van der Waals surface area contributed by atoms with Gasteiger partial charge in [-0.1, -0.05) is 32.9 Å². The van der Waals surface area contributed by atoms with E-state index in [0.717, 1.165) is 24.5 Å². The second-order valence-electron chi connectivity index (χ2n) is 4.69. The average molecular weight is 282 g/mol. The lowest BCUT2D eigenvalue weighted by atomic mass is 10.1. The number of ether oxygens (including phenoxy) is 1. The predicted octanol–water partition coefficient (Wildman–Crippen LogP) is 3.51. The van der Waals surface area contributed by atoms with Crippen molar-refractivity contribution in [3.05, 3.63) is 29.8 Å². The summed E-state index contributed by atoms with van der Waals surface area (Å²) in [5.41, 5.74) is 4.11. The highest BCUT2D eigenvalue weighted by atomic mass is 32.2. The van der Waals surface area contributed by atoms with Crippen molar-refractivity contribution in [2.24, 2.45) is 5.84 Å². The van der Waals surface area contributed by atoms with Gasteiger partial charge in [0.05, 0.1) is 12.6 Å². The number of hydrogen-bond acceptors (Lipinski definition) is 4. The minimum atomic E-state index is 0.194. The van der Waals surface area contributed by atoms with Crippen molar-refractivity contribution in [2.45, 2.75) is 44.9 Å². The molecule has 0 saturated heterocycles. The Bertz CT molecular complexity index is 343. The third-order valence-electron chi connectivity index (χ3n) is 3.08. The van der Waals surface area contributed by atoms with Crippen molar-refractivity contribution in [3.63, 3.8) is 0 Å². The number of thioether (sulfide) groups is 1. The molecule has 1 rings (SSSR count). The largest absolute Gasteiger partial charge is 0.494 e. The van der Waals surface area contributed by atoms with Crippen LogP contribution < -0.4 is 16.0 Å². The van der Waals surface area contributed by atoms with Crippen LogP contribution in [-0.4, -0.2) is 17.6 Å². The monoisotopic (exact) mass is 282 g/mol. The number of hydrazine groups is 1. The molecule has 0 saturated carbocycles. The van der Waals surface area contributed by atoms with Gasteiger partial charge in [-0.15, -0.1) is 0 Å². The summed E-state index contributed by atoms with van der Waals surface area (Å²) in [7, 11) is 0. The summed E-state index contributed by atoms with van der Waals surface area (Å²) in [5.74, 6) is 7.57. The van der Waals surface area contributed by atoms with E-state index in [1.807, 2.05) is 23.9 Å². The minimum absolute atomic E-state index is 0.194. The quantitative estimate of drug-likeness (QED) is 0.537. The molecular formula is C15H26N2OS. The highest BCUT2D eigenvalue weighted by Gasteiger charge is 2.11. The highest BCUT2D eigenvalue weighted by Crippen LogP contribution is 2.24. The molecule has 19 heavy (non-hydrogen) atoms. The first kappa shape index (κ1) is 16.3. The van der Waals surface area contributed by atoms with E-state index in [2.05, 4.69) is 38.3 Å². The maximum Gasteiger partial charge on any atom is 0.119 e. The Hall–Kier alpha value is -0.710. The Morgan fingerprint density at radius 1 is 1.26 bits per heavy atom. The molecule has 0 amide bonds. The molecule has 0 bridgehead atoms. The van der Waals surface area contributed by atoms with E-state index in [0.29, 0.717) is 5.25 Å². The van der Waals surface area contributed by atoms with E-state index >= 15 is 0 Å². The van der Waals surface area contributed by atoms with Crippen molar-refractivity contribution in [1.29, 1.82) is 0 Å². The number of rotatable bonds is 9. The lowest BCUT2D eigenvalue weighted by Crippen LogP contribution is -2.30. The lowest BCUT2D eigenvalue weighted by molar-refractivity contribution is 0.317. The van der Waals surface area contributed by atoms with Crippen molar-refractivity contribution >= 4 is 11.8 Å². The topological polar surface area (TPSA) is 47.3 Å². The Morgan fingerprint density at radius 2 is 1.95 bits per heavy atom. The summed E-state index contributed by atoms with van der Waals surface area (Å²) in [6, 6.07) is 8.41. The molecule has 2 unspecified atom stereocenters. The Morgan fingerprint density at radius 3 is 2.47 bits per heavy atom. The Balaban J connectivity index is 2.55. The molecule has 1 aromatic carbocycles. The summed E-state index contributed by atoms with van der Waals surface area (Å²) < 4.78 is 5.58. The molecule has 0 fully saturated rings. The Kier molecular flexibility index (Phi) is 7.94. The molecule has 3 N–H and O–H groups in total. The zero-order chi connectivity index (χ0) is 14.1. The molecule has 0 aliphatic carbocycles. The molecule has 0 radical (unpaired) electrons. The van der Waals surface area contributed by atoms with Gasteiger partial charge in [-0.3, -0.25) is 11.3 Å². The smallest absolute Gasteiger partial charge is 0.119 e. The highest BCUT2D eigenvalue weighted by molar-refractivity contribution is 7.99. The van der Waals surface area contributed by atoms with Gasteiger partial charge in [0.25, 0.3) is 0 Å². The first-order valence-corrected chi connectivity index (χ1v) is 8.06. The molecule has 3 nitrogen and oxygen atoms in total. The predicted molar refractivity (Wildman–Crippen MR) is 84.5 cm³/mol. The summed E-state index contributed by atoms with van der Waals surface area (Å²) >= 11 is 1.95. The number of nitrogens with two attached hydrogens (primary N) is 1. The second kappa shape index (κ2) is 9.23. The Labute approximate surface area is 121 Å². The van der Waals surface area contributed by atoms with Gasteiger partial charge in [0.1, 0.15) is 5.75 Å². The van der Waals surface area contributed by atoms with Gasteiger partial charge in [-0.25, -0.2) is 0 Å². The standard InChI is InChI=1S/C15H26N2OS/c1-4-10-18-14-8-6-13(7-9-14)15(17-16)11-19-12(3)5-2/h6-9,12,15,17H,4-5,10-11,16H2,1-3H3. The van der Waals surface area contributed by atoms with Crippen LogP contribution >= 0.6 is 11.8 Å². The summed E-state index contributed by atoms with van der Waals surface area (Å²) in [5, 5.41) is 0.669. The number of benzene rings is 1. The molecule has 1 aromatic rings. The van der Waals surface area contributed by atoms with E-state index in [4.69, 9.17) is 10.6 Å². The van der Waals surface area contributed by atoms with E-state index < -0.39 is 0 Å². The normalized spacial score (nSPS) is 14.1. The average Bonchev–Trinajstić information content (AvgIpc) is 2.46. The van der Waals surface area contributed by atoms with Crippen LogP contribution in [0.5, 0.6) is 5.75 Å². The molecule has 0 aromatic heterocycles. The van der Waals surface area contributed by atoms with Gasteiger partial charge < -0.3 is 4.74 Å². The van der Waals surface area contributed by atoms with E-state index in [9.17, 15) is 0 Å². The molecule has 2 atom stereocenters. The summed E-state index contributed by atoms with van der Waals surface area (Å²) in [6.45, 7) is 7.33. The van der Waals surface area contributed by atoms with Gasteiger partial charge in [0.15, 0.2) is 0 Å². The first-order chi connectivity index (χ1) is 9.21. The fourth-order valence-corrected chi connectivity index (χ4v) is 2.68. The maximum absolute atomic E-state index is 5.66. The van der Waals surface area contributed by atoms with Crippen LogP contribution in [-0.2, 0) is 0 Å². The van der Waals surface area contributed by atoms with Crippen molar-refractivity contribution < 1.29 is 4.74 Å². The zero-order valence-corrected chi connectivity index (χ0v) is 13.0. The van der Waals surface area contributed by atoms with Crippen molar-refractivity contribution in [2.75, 3.05) is 12.4 Å². The summed E-state index contributed by atoms with van der Waals surface area (Å²) in [4.78, 5) is 0. The van der Waals surface area contributed by atoms with Crippen LogP contribution in [0.4, 0.5) is 0 Å². The van der Waals surface area contributed by atoms with Gasteiger partial charge in [0.2, 0.25) is 0 Å².